The van der Waals surface area contributed by atoms with Crippen molar-refractivity contribution in [2.75, 3.05) is 18.4 Å². The fraction of sp³-hybridized carbons (Fsp3) is 1.00. The Morgan fingerprint density at radius 1 is 1.30 bits per heavy atom. The molecule has 0 aromatic heterocycles. The zero-order valence-corrected chi connectivity index (χ0v) is 8.09. The Labute approximate surface area is 76.6 Å². The van der Waals surface area contributed by atoms with Gasteiger partial charge in [0, 0.05) is 11.8 Å². The summed E-state index contributed by atoms with van der Waals surface area (Å²) in [6.45, 7) is 2.36. The molecule has 0 N–H and O–H groups in total. The van der Waals surface area contributed by atoms with E-state index in [1.165, 1.54) is 0 Å². The summed E-state index contributed by atoms with van der Waals surface area (Å²) in [6, 6.07) is 0. The maximum atomic E-state index is 5.67. The first-order chi connectivity index (χ1) is 4.70. The highest BCUT2D eigenvalue weighted by atomic mass is 35.5. The van der Waals surface area contributed by atoms with Crippen LogP contribution in [0.4, 0.5) is 0 Å². The Morgan fingerprint density at radius 3 is 2.30 bits per heavy atom. The second kappa shape index (κ2) is 6.53. The number of hydrogen-bond acceptors (Lipinski definition) is 1. The molecule has 0 amide bonds. The number of ether oxygens (including phenoxy) is 1. The predicted octanol–water partition coefficient (Wildman–Crippen LogP) is 2.48. The van der Waals surface area contributed by atoms with Crippen molar-refractivity contribution in [3.8, 4) is 0 Å². The van der Waals surface area contributed by atoms with Gasteiger partial charge in [0.2, 0.25) is 0 Å². The molecule has 1 nitrogen and oxygen atoms in total. The van der Waals surface area contributed by atoms with Crippen LogP contribution >= 0.6 is 34.8 Å². The van der Waals surface area contributed by atoms with Crippen molar-refractivity contribution >= 4 is 34.8 Å². The van der Waals surface area contributed by atoms with Crippen molar-refractivity contribution in [3.63, 3.8) is 0 Å². The van der Waals surface area contributed by atoms with Crippen molar-refractivity contribution in [2.24, 2.45) is 0 Å². The van der Waals surface area contributed by atoms with E-state index in [0.29, 0.717) is 18.4 Å². The second-order valence-corrected chi connectivity index (χ2v) is 3.28. The Hall–Kier alpha value is 0.830. The van der Waals surface area contributed by atoms with Gasteiger partial charge in [-0.2, -0.15) is 0 Å². The molecule has 0 aliphatic rings. The van der Waals surface area contributed by atoms with Gasteiger partial charge in [-0.1, -0.05) is 0 Å². The summed E-state index contributed by atoms with van der Waals surface area (Å²) in [5.41, 5.74) is 0. The molecule has 4 heteroatoms. The average Bonchev–Trinajstić information content (AvgIpc) is 1.99. The SMILES string of the molecule is CC(CCl)OCC(Cl)CCl. The molecule has 0 aliphatic carbocycles. The van der Waals surface area contributed by atoms with Gasteiger partial charge in [0.05, 0.1) is 18.1 Å². The third-order valence-corrected chi connectivity index (χ3v) is 2.19. The highest BCUT2D eigenvalue weighted by molar-refractivity contribution is 6.28. The average molecular weight is 206 g/mol. The van der Waals surface area contributed by atoms with Gasteiger partial charge < -0.3 is 4.74 Å². The first-order valence-corrected chi connectivity index (χ1v) is 4.58. The molecular formula is C6H11Cl3O. The predicted molar refractivity (Wildman–Crippen MR) is 46.5 cm³/mol. The summed E-state index contributed by atoms with van der Waals surface area (Å²) in [4.78, 5) is 0. The van der Waals surface area contributed by atoms with Crippen LogP contribution in [0.25, 0.3) is 0 Å². The van der Waals surface area contributed by atoms with Crippen LogP contribution in [0.5, 0.6) is 0 Å². The van der Waals surface area contributed by atoms with Crippen LogP contribution < -0.4 is 0 Å². The van der Waals surface area contributed by atoms with Crippen molar-refractivity contribution in [3.05, 3.63) is 0 Å². The third kappa shape index (κ3) is 5.60. The van der Waals surface area contributed by atoms with Crippen molar-refractivity contribution in [1.82, 2.24) is 0 Å². The van der Waals surface area contributed by atoms with Gasteiger partial charge in [0.25, 0.3) is 0 Å². The Balaban J connectivity index is 3.17. The van der Waals surface area contributed by atoms with Crippen LogP contribution in [0.3, 0.4) is 0 Å². The van der Waals surface area contributed by atoms with E-state index >= 15 is 0 Å². The summed E-state index contributed by atoms with van der Waals surface area (Å²) in [5, 5.41) is -0.104. The molecule has 0 aromatic carbocycles. The van der Waals surface area contributed by atoms with Gasteiger partial charge in [-0.25, -0.2) is 0 Å². The fourth-order valence-corrected chi connectivity index (χ4v) is 0.609. The van der Waals surface area contributed by atoms with E-state index in [1.54, 1.807) is 0 Å². The summed E-state index contributed by atoms with van der Waals surface area (Å²) < 4.78 is 5.20. The smallest absolute Gasteiger partial charge is 0.0705 e. The molecule has 0 aromatic rings. The molecule has 0 radical (unpaired) electrons. The lowest BCUT2D eigenvalue weighted by Gasteiger charge is -2.11. The molecule has 0 spiro atoms. The highest BCUT2D eigenvalue weighted by Gasteiger charge is 2.05. The molecule has 0 saturated carbocycles. The minimum atomic E-state index is -0.104. The maximum Gasteiger partial charge on any atom is 0.0705 e. The highest BCUT2D eigenvalue weighted by Crippen LogP contribution is 2.02. The number of halogens is 3. The van der Waals surface area contributed by atoms with Crippen LogP contribution in [0.15, 0.2) is 0 Å². The fourth-order valence-electron chi connectivity index (χ4n) is 0.358. The largest absolute Gasteiger partial charge is 0.376 e. The van der Waals surface area contributed by atoms with Crippen molar-refractivity contribution < 1.29 is 4.74 Å². The third-order valence-electron chi connectivity index (χ3n) is 0.946. The Kier molecular flexibility index (Phi) is 7.08. The van der Waals surface area contributed by atoms with Crippen molar-refractivity contribution in [1.29, 1.82) is 0 Å². The molecule has 0 fully saturated rings. The number of hydrogen-bond donors (Lipinski definition) is 0. The van der Waals surface area contributed by atoms with E-state index < -0.39 is 0 Å². The van der Waals surface area contributed by atoms with E-state index in [1.807, 2.05) is 6.92 Å². The minimum absolute atomic E-state index is 0.0612. The lowest BCUT2D eigenvalue weighted by atomic mass is 10.4. The number of alkyl halides is 3. The molecule has 0 rings (SSSR count). The first-order valence-electron chi connectivity index (χ1n) is 3.08. The standard InChI is InChI=1S/C6H11Cl3O/c1-5(2-7)10-4-6(9)3-8/h5-6H,2-4H2,1H3. The van der Waals surface area contributed by atoms with Gasteiger partial charge in [-0.15, -0.1) is 34.8 Å². The van der Waals surface area contributed by atoms with Crippen molar-refractivity contribution in [2.45, 2.75) is 18.4 Å². The molecule has 0 aliphatic heterocycles. The quantitative estimate of drug-likeness (QED) is 0.627. The van der Waals surface area contributed by atoms with E-state index in [4.69, 9.17) is 39.5 Å². The van der Waals surface area contributed by atoms with Gasteiger partial charge in [0.15, 0.2) is 0 Å². The molecule has 0 saturated heterocycles. The Morgan fingerprint density at radius 2 is 1.90 bits per heavy atom. The number of rotatable bonds is 5. The Bertz CT molecular complexity index is 69.4. The molecule has 0 heterocycles. The van der Waals surface area contributed by atoms with Gasteiger partial charge >= 0.3 is 0 Å². The second-order valence-electron chi connectivity index (χ2n) is 2.05. The van der Waals surface area contributed by atoms with Crippen LogP contribution in [0.1, 0.15) is 6.92 Å². The topological polar surface area (TPSA) is 9.23 Å². The van der Waals surface area contributed by atoms with Crippen LogP contribution in [0.2, 0.25) is 0 Å². The van der Waals surface area contributed by atoms with E-state index in [-0.39, 0.29) is 11.5 Å². The lowest BCUT2D eigenvalue weighted by Crippen LogP contribution is -2.17. The first kappa shape index (κ1) is 10.8. The van der Waals surface area contributed by atoms with E-state index in [9.17, 15) is 0 Å². The van der Waals surface area contributed by atoms with Crippen LogP contribution in [0, 0.1) is 0 Å². The monoisotopic (exact) mass is 204 g/mol. The molecule has 2 unspecified atom stereocenters. The van der Waals surface area contributed by atoms with Gasteiger partial charge in [0.1, 0.15) is 0 Å². The summed E-state index contributed by atoms with van der Waals surface area (Å²) in [7, 11) is 0. The summed E-state index contributed by atoms with van der Waals surface area (Å²) in [6.07, 6.45) is 0.0612. The van der Waals surface area contributed by atoms with E-state index in [0.717, 1.165) is 0 Å². The molecule has 10 heavy (non-hydrogen) atoms. The zero-order chi connectivity index (χ0) is 7.98. The molecular weight excluding hydrogens is 194 g/mol. The minimum Gasteiger partial charge on any atom is -0.376 e. The zero-order valence-electron chi connectivity index (χ0n) is 5.82. The molecule has 2 atom stereocenters. The van der Waals surface area contributed by atoms with Gasteiger partial charge in [-0.05, 0) is 6.92 Å². The van der Waals surface area contributed by atoms with Crippen LogP contribution in [-0.4, -0.2) is 29.8 Å². The van der Waals surface area contributed by atoms with Gasteiger partial charge in [-0.3, -0.25) is 0 Å². The summed E-state index contributed by atoms with van der Waals surface area (Å²) in [5.74, 6) is 0.905. The molecule has 62 valence electrons. The van der Waals surface area contributed by atoms with E-state index in [2.05, 4.69) is 0 Å². The van der Waals surface area contributed by atoms with Crippen LogP contribution in [-0.2, 0) is 4.74 Å². The molecule has 0 bridgehead atoms. The normalized spacial score (nSPS) is 16.8. The summed E-state index contributed by atoms with van der Waals surface area (Å²) >= 11 is 16.6. The maximum absolute atomic E-state index is 5.67. The lowest BCUT2D eigenvalue weighted by molar-refractivity contribution is 0.0837.